The average molecular weight is 1040 g/mol. The van der Waals surface area contributed by atoms with Crippen molar-refractivity contribution < 1.29 is 42.1 Å². The predicted octanol–water partition coefficient (Wildman–Crippen LogP) is 17.3. The average Bonchev–Trinajstić information content (AvgIpc) is 3.35. The van der Waals surface area contributed by atoms with Gasteiger partial charge in [0.25, 0.3) is 7.82 Å². The number of nitrogens with zero attached hydrogens (tertiary/aromatic N) is 1. The molecule has 0 spiro atoms. The lowest BCUT2D eigenvalue weighted by molar-refractivity contribution is -0.870. The van der Waals surface area contributed by atoms with Gasteiger partial charge in [-0.05, 0) is 103 Å². The van der Waals surface area contributed by atoms with Gasteiger partial charge in [0.15, 0.2) is 6.10 Å². The minimum absolute atomic E-state index is 0.0376. The van der Waals surface area contributed by atoms with Gasteiger partial charge in [0.05, 0.1) is 27.7 Å². The number of phosphoric ester groups is 1. The second kappa shape index (κ2) is 53.2. The van der Waals surface area contributed by atoms with Crippen LogP contribution in [0.25, 0.3) is 0 Å². The lowest BCUT2D eigenvalue weighted by atomic mass is 10.0. The Labute approximate surface area is 448 Å². The zero-order chi connectivity index (χ0) is 53.5. The fourth-order valence-corrected chi connectivity index (χ4v) is 8.03. The van der Waals surface area contributed by atoms with Crippen molar-refractivity contribution in [2.24, 2.45) is 0 Å². The van der Waals surface area contributed by atoms with E-state index in [0.717, 1.165) is 122 Å². The van der Waals surface area contributed by atoms with E-state index in [1.54, 1.807) is 0 Å². The molecule has 0 saturated carbocycles. The van der Waals surface area contributed by atoms with Crippen molar-refractivity contribution >= 4 is 19.8 Å². The summed E-state index contributed by atoms with van der Waals surface area (Å²) in [7, 11) is 1.15. The molecule has 0 radical (unpaired) electrons. The number of esters is 2. The van der Waals surface area contributed by atoms with E-state index in [1.807, 2.05) is 21.1 Å². The quantitative estimate of drug-likeness (QED) is 0.0195. The summed E-state index contributed by atoms with van der Waals surface area (Å²) in [6.45, 7) is 4.02. The highest BCUT2D eigenvalue weighted by Gasteiger charge is 2.21. The van der Waals surface area contributed by atoms with Crippen molar-refractivity contribution in [3.8, 4) is 0 Å². The van der Waals surface area contributed by atoms with Crippen molar-refractivity contribution in [3.63, 3.8) is 0 Å². The Morgan fingerprint density at radius 2 is 0.781 bits per heavy atom. The van der Waals surface area contributed by atoms with E-state index < -0.39 is 32.5 Å². The van der Waals surface area contributed by atoms with Gasteiger partial charge in [-0.15, -0.1) is 0 Å². The Kier molecular flexibility index (Phi) is 50.6. The maximum atomic E-state index is 12.7. The standard InChI is InChI=1S/C63H106NO8P/c1-6-8-10-12-14-16-18-19-20-21-22-23-24-25-26-27-28-29-30-31-32-33-34-35-36-37-38-39-40-41-42-43-44-45-46-48-50-52-54-56-63(66)72-61(60-71-73(67,68)70-58-57-64(3,4)5)59-69-62(65)55-53-51-49-47-17-15-13-11-9-7-2/h8,10-11,13-14,16,19-20,22-23,25-26,28-29,31-32,34-35,37-38,61H,6-7,9,12,15,17-18,21,24,27,30,33,36,39-60H2,1-5H3/b10-8-,13-11-,16-14-,20-19-,23-22-,26-25-,29-28-,32-31-,35-34-,38-37-. The molecule has 0 aliphatic rings. The Balaban J connectivity index is 4.04. The van der Waals surface area contributed by atoms with Crippen LogP contribution in [0.4, 0.5) is 0 Å². The number of hydrogen-bond donors (Lipinski definition) is 0. The van der Waals surface area contributed by atoms with Crippen LogP contribution in [0.2, 0.25) is 0 Å². The van der Waals surface area contributed by atoms with Crippen molar-refractivity contribution in [3.05, 3.63) is 122 Å². The highest BCUT2D eigenvalue weighted by atomic mass is 31.2. The lowest BCUT2D eigenvalue weighted by Gasteiger charge is -2.28. The summed E-state index contributed by atoms with van der Waals surface area (Å²) in [4.78, 5) is 37.6. The summed E-state index contributed by atoms with van der Waals surface area (Å²) in [5, 5.41) is 0. The first-order chi connectivity index (χ1) is 35.5. The van der Waals surface area contributed by atoms with E-state index in [4.69, 9.17) is 18.5 Å². The fraction of sp³-hybridized carbons (Fsp3) is 0.651. The number of likely N-dealkylation sites (N-methyl/N-ethyl adjacent to an activating group) is 1. The number of carbonyl (C=O) groups is 2. The monoisotopic (exact) mass is 1040 g/mol. The third kappa shape index (κ3) is 57.5. The van der Waals surface area contributed by atoms with Gasteiger partial charge in [0.2, 0.25) is 0 Å². The molecule has 0 aromatic heterocycles. The number of quaternary nitrogens is 1. The maximum absolute atomic E-state index is 12.7. The van der Waals surface area contributed by atoms with Crippen molar-refractivity contribution in [2.75, 3.05) is 47.5 Å². The molecular formula is C63H106NO8P. The first-order valence-corrected chi connectivity index (χ1v) is 30.2. The van der Waals surface area contributed by atoms with Crippen LogP contribution in [0.5, 0.6) is 0 Å². The van der Waals surface area contributed by atoms with Crippen LogP contribution in [0.1, 0.15) is 213 Å². The van der Waals surface area contributed by atoms with Gasteiger partial charge in [-0.1, -0.05) is 219 Å². The Morgan fingerprint density at radius 3 is 1.18 bits per heavy atom. The molecule has 10 heteroatoms. The molecule has 0 saturated heterocycles. The van der Waals surface area contributed by atoms with Gasteiger partial charge < -0.3 is 27.9 Å². The summed E-state index contributed by atoms with van der Waals surface area (Å²) in [6, 6.07) is 0. The van der Waals surface area contributed by atoms with Crippen LogP contribution >= 0.6 is 7.82 Å². The number of allylic oxidation sites excluding steroid dienone is 20. The van der Waals surface area contributed by atoms with Gasteiger partial charge in [-0.3, -0.25) is 14.2 Å². The molecule has 0 fully saturated rings. The van der Waals surface area contributed by atoms with Crippen LogP contribution in [0.15, 0.2) is 122 Å². The smallest absolute Gasteiger partial charge is 0.306 e. The largest absolute Gasteiger partial charge is 0.756 e. The number of rotatable bonds is 51. The van der Waals surface area contributed by atoms with E-state index in [1.165, 1.54) is 51.4 Å². The summed E-state index contributed by atoms with van der Waals surface area (Å²) in [5.74, 6) is -0.857. The maximum Gasteiger partial charge on any atom is 0.306 e. The van der Waals surface area contributed by atoms with Crippen molar-refractivity contribution in [1.29, 1.82) is 0 Å². The van der Waals surface area contributed by atoms with Crippen LogP contribution in [-0.2, 0) is 32.7 Å². The van der Waals surface area contributed by atoms with E-state index in [-0.39, 0.29) is 26.1 Å². The molecule has 0 heterocycles. The molecule has 0 aromatic rings. The van der Waals surface area contributed by atoms with Crippen molar-refractivity contribution in [2.45, 2.75) is 219 Å². The number of hydrogen-bond acceptors (Lipinski definition) is 8. The topological polar surface area (TPSA) is 111 Å². The molecule has 0 aliphatic heterocycles. The van der Waals surface area contributed by atoms with E-state index in [2.05, 4.69) is 135 Å². The normalized spacial score (nSPS) is 14.2. The number of phosphoric acid groups is 1. The molecule has 9 nitrogen and oxygen atoms in total. The van der Waals surface area contributed by atoms with Gasteiger partial charge >= 0.3 is 11.9 Å². The summed E-state index contributed by atoms with van der Waals surface area (Å²) < 4.78 is 34.0. The Bertz CT molecular complexity index is 1650. The molecule has 0 aliphatic carbocycles. The van der Waals surface area contributed by atoms with Crippen LogP contribution in [-0.4, -0.2) is 70.0 Å². The summed E-state index contributed by atoms with van der Waals surface area (Å²) in [5.41, 5.74) is 0. The molecular weight excluding hydrogens is 930 g/mol. The molecule has 416 valence electrons. The minimum Gasteiger partial charge on any atom is -0.756 e. The van der Waals surface area contributed by atoms with Gasteiger partial charge in [0.1, 0.15) is 19.8 Å². The summed E-state index contributed by atoms with van der Waals surface area (Å²) in [6.07, 6.45) is 75.5. The molecule has 2 unspecified atom stereocenters. The second-order valence-corrected chi connectivity index (χ2v) is 21.3. The number of ether oxygens (including phenoxy) is 2. The molecule has 0 amide bonds. The third-order valence-electron chi connectivity index (χ3n) is 11.7. The molecule has 0 N–H and O–H groups in total. The van der Waals surface area contributed by atoms with Gasteiger partial charge in [0, 0.05) is 12.8 Å². The molecule has 0 rings (SSSR count). The highest BCUT2D eigenvalue weighted by molar-refractivity contribution is 7.45. The zero-order valence-electron chi connectivity index (χ0n) is 47.0. The van der Waals surface area contributed by atoms with Gasteiger partial charge in [-0.2, -0.15) is 0 Å². The molecule has 2 atom stereocenters. The van der Waals surface area contributed by atoms with E-state index in [0.29, 0.717) is 23.9 Å². The van der Waals surface area contributed by atoms with Crippen LogP contribution in [0.3, 0.4) is 0 Å². The molecule has 0 aromatic carbocycles. The van der Waals surface area contributed by atoms with E-state index in [9.17, 15) is 19.0 Å². The molecule has 0 bridgehead atoms. The Hall–Kier alpha value is -3.59. The van der Waals surface area contributed by atoms with Crippen LogP contribution in [0, 0.1) is 0 Å². The number of carbonyl (C=O) groups excluding carboxylic acids is 2. The molecule has 73 heavy (non-hydrogen) atoms. The SMILES string of the molecule is CC/C=C\C/C=C\C/C=C\C/C=C\C/C=C\C/C=C\C/C=C\C/C=C\C/C=C\CCCCCCCCCCCCCC(=O)OC(COC(=O)CCCCCCC/C=C\CCC)COP(=O)([O-])OCC[N+](C)(C)C. The first-order valence-electron chi connectivity index (χ1n) is 28.7. The Morgan fingerprint density at radius 1 is 0.438 bits per heavy atom. The van der Waals surface area contributed by atoms with Crippen LogP contribution < -0.4 is 4.89 Å². The third-order valence-corrected chi connectivity index (χ3v) is 12.7. The number of unbranched alkanes of at least 4 members (excludes halogenated alkanes) is 17. The predicted molar refractivity (Wildman–Crippen MR) is 309 cm³/mol. The second-order valence-electron chi connectivity index (χ2n) is 19.9. The summed E-state index contributed by atoms with van der Waals surface area (Å²) >= 11 is 0. The van der Waals surface area contributed by atoms with E-state index >= 15 is 0 Å². The zero-order valence-corrected chi connectivity index (χ0v) is 47.9. The minimum atomic E-state index is -4.64. The van der Waals surface area contributed by atoms with Gasteiger partial charge in [-0.25, -0.2) is 0 Å². The highest BCUT2D eigenvalue weighted by Crippen LogP contribution is 2.38. The fourth-order valence-electron chi connectivity index (χ4n) is 7.30. The van der Waals surface area contributed by atoms with Crippen molar-refractivity contribution in [1.82, 2.24) is 0 Å². The lowest BCUT2D eigenvalue weighted by Crippen LogP contribution is -2.37. The first kappa shape index (κ1) is 69.4.